The highest BCUT2D eigenvalue weighted by Gasteiger charge is 2.13. The summed E-state index contributed by atoms with van der Waals surface area (Å²) in [5.41, 5.74) is 4.80. The van der Waals surface area contributed by atoms with E-state index >= 15 is 0 Å². The molecule has 0 aromatic carbocycles. The molecule has 1 aliphatic carbocycles. The quantitative estimate of drug-likeness (QED) is 0.522. The van der Waals surface area contributed by atoms with Gasteiger partial charge in [0.1, 0.15) is 12.0 Å². The lowest BCUT2D eigenvalue weighted by molar-refractivity contribution is 0.422. The largest absolute Gasteiger partial charge is 0.364 e. The molecule has 82 valence electrons. The molecule has 2 aliphatic rings. The van der Waals surface area contributed by atoms with E-state index in [0.717, 1.165) is 28.1 Å². The fourth-order valence-corrected chi connectivity index (χ4v) is 2.05. The van der Waals surface area contributed by atoms with Crippen molar-refractivity contribution in [1.29, 1.82) is 0 Å². The van der Waals surface area contributed by atoms with Crippen LogP contribution in [0.25, 0.3) is 33.8 Å². The van der Waals surface area contributed by atoms with Gasteiger partial charge in [-0.2, -0.15) is 0 Å². The third kappa shape index (κ3) is 1.13. The number of fused-ring (bicyclic) bond motifs is 3. The van der Waals surface area contributed by atoms with E-state index in [-0.39, 0.29) is 0 Å². The Hall–Kier alpha value is -2.56. The third-order valence-electron chi connectivity index (χ3n) is 2.86. The topological polar surface area (TPSA) is 70.5 Å². The maximum atomic E-state index is 4.82. The number of nitrogens with zero attached hydrogens (tertiary/aromatic N) is 2. The first-order valence-electron chi connectivity index (χ1n) is 5.28. The van der Waals surface area contributed by atoms with Crippen LogP contribution in [0.15, 0.2) is 41.2 Å². The monoisotopic (exact) mass is 224 g/mol. The van der Waals surface area contributed by atoms with Crippen LogP contribution in [0.4, 0.5) is 0 Å². The number of nitrogens with one attached hydrogen (secondary N) is 2. The van der Waals surface area contributed by atoms with Gasteiger partial charge in [0, 0.05) is 23.5 Å². The number of H-pyrrole nitrogens is 2. The van der Waals surface area contributed by atoms with E-state index in [4.69, 9.17) is 4.52 Å². The highest BCUT2D eigenvalue weighted by atomic mass is 16.5. The van der Waals surface area contributed by atoms with Crippen LogP contribution in [0.5, 0.6) is 0 Å². The number of aromatic nitrogens is 4. The van der Waals surface area contributed by atoms with Gasteiger partial charge in [-0.3, -0.25) is 0 Å². The highest BCUT2D eigenvalue weighted by Crippen LogP contribution is 2.29. The summed E-state index contributed by atoms with van der Waals surface area (Å²) < 4.78 is 4.82. The third-order valence-corrected chi connectivity index (χ3v) is 2.86. The zero-order valence-electron chi connectivity index (χ0n) is 8.77. The van der Waals surface area contributed by atoms with Crippen molar-refractivity contribution < 1.29 is 4.52 Å². The smallest absolute Gasteiger partial charge is 0.160 e. The molecule has 0 fully saturated rings. The Morgan fingerprint density at radius 2 is 2.18 bits per heavy atom. The van der Waals surface area contributed by atoms with Gasteiger partial charge in [-0.15, -0.1) is 0 Å². The molecule has 2 aromatic rings. The molecule has 0 atom stereocenters. The summed E-state index contributed by atoms with van der Waals surface area (Å²) in [6.45, 7) is 0. The second kappa shape index (κ2) is 2.98. The fraction of sp³-hybridized carbons (Fsp3) is 0. The molecule has 0 bridgehead atoms. The van der Waals surface area contributed by atoms with Crippen LogP contribution in [0.1, 0.15) is 0 Å². The van der Waals surface area contributed by atoms with Crippen LogP contribution < -0.4 is 0 Å². The first kappa shape index (κ1) is 8.58. The highest BCUT2D eigenvalue weighted by molar-refractivity contribution is 5.93. The van der Waals surface area contributed by atoms with Gasteiger partial charge in [0.05, 0.1) is 11.0 Å². The molecule has 0 radical (unpaired) electrons. The Kier molecular flexibility index (Phi) is 1.50. The molecule has 2 N–H and O–H groups in total. The van der Waals surface area contributed by atoms with Crippen LogP contribution >= 0.6 is 0 Å². The van der Waals surface area contributed by atoms with Crippen molar-refractivity contribution in [2.45, 2.75) is 0 Å². The van der Waals surface area contributed by atoms with Crippen molar-refractivity contribution in [3.8, 4) is 22.8 Å². The van der Waals surface area contributed by atoms with Crippen LogP contribution in [0.3, 0.4) is 0 Å². The lowest BCUT2D eigenvalue weighted by atomic mass is 10.2. The van der Waals surface area contributed by atoms with E-state index in [1.807, 2.05) is 24.4 Å². The van der Waals surface area contributed by atoms with Crippen molar-refractivity contribution in [3.05, 3.63) is 36.7 Å². The van der Waals surface area contributed by atoms with Crippen LogP contribution in [0, 0.1) is 0 Å². The van der Waals surface area contributed by atoms with Gasteiger partial charge in [0.2, 0.25) is 0 Å². The number of aromatic amines is 2. The Bertz CT molecular complexity index is 750. The molecule has 0 saturated carbocycles. The maximum absolute atomic E-state index is 4.82. The van der Waals surface area contributed by atoms with Crippen LogP contribution in [-0.2, 0) is 0 Å². The number of imidazole rings is 1. The average Bonchev–Trinajstić information content (AvgIpc) is 3.08. The number of hydrogen-bond donors (Lipinski definition) is 2. The second-order valence-electron chi connectivity index (χ2n) is 3.87. The summed E-state index contributed by atoms with van der Waals surface area (Å²) in [6, 6.07) is 7.86. The van der Waals surface area contributed by atoms with Crippen LogP contribution in [0.2, 0.25) is 0 Å². The van der Waals surface area contributed by atoms with Gasteiger partial charge in [0.15, 0.2) is 5.82 Å². The van der Waals surface area contributed by atoms with Gasteiger partial charge in [-0.1, -0.05) is 17.3 Å². The molecule has 0 spiro atoms. The molecular weight excluding hydrogens is 216 g/mol. The molecule has 2 aromatic heterocycles. The summed E-state index contributed by atoms with van der Waals surface area (Å²) in [5.74, 6) is 0.718. The molecule has 3 heterocycles. The van der Waals surface area contributed by atoms with E-state index in [0.29, 0.717) is 5.69 Å². The Morgan fingerprint density at radius 1 is 1.18 bits per heavy atom. The molecule has 5 heteroatoms. The van der Waals surface area contributed by atoms with Crippen molar-refractivity contribution in [3.63, 3.8) is 0 Å². The summed E-state index contributed by atoms with van der Waals surface area (Å²) in [4.78, 5) is 11.0. The SMILES string of the molecule is c1cc2[nH]cc3[nH]c(-c4ccon4)nc3c-2c1. The molecule has 5 nitrogen and oxygen atoms in total. The normalized spacial score (nSPS) is 11.5. The molecule has 17 heavy (non-hydrogen) atoms. The molecular formula is C12H8N4O. The van der Waals surface area contributed by atoms with E-state index in [9.17, 15) is 0 Å². The maximum Gasteiger partial charge on any atom is 0.160 e. The lowest BCUT2D eigenvalue weighted by Crippen LogP contribution is -1.81. The van der Waals surface area contributed by atoms with Crippen molar-refractivity contribution >= 4 is 11.0 Å². The summed E-state index contributed by atoms with van der Waals surface area (Å²) in [6.07, 6.45) is 3.45. The average molecular weight is 224 g/mol. The first-order valence-corrected chi connectivity index (χ1v) is 5.28. The van der Waals surface area contributed by atoms with Gasteiger partial charge in [0.25, 0.3) is 0 Å². The first-order chi connectivity index (χ1) is 8.42. The fourth-order valence-electron chi connectivity index (χ4n) is 2.05. The van der Waals surface area contributed by atoms with Gasteiger partial charge < -0.3 is 14.5 Å². The standard InChI is InChI=1S/C12H8N4O/c1-2-7-8(3-1)13-6-10-11(7)15-12(14-10)9-4-5-17-16-9/h1-6,13H,(H,14,15). The zero-order chi connectivity index (χ0) is 11.2. The second-order valence-corrected chi connectivity index (χ2v) is 3.87. The van der Waals surface area contributed by atoms with Crippen LogP contribution in [-0.4, -0.2) is 20.1 Å². The zero-order valence-corrected chi connectivity index (χ0v) is 8.77. The summed E-state index contributed by atoms with van der Waals surface area (Å²) >= 11 is 0. The minimum absolute atomic E-state index is 0.709. The van der Waals surface area contributed by atoms with Crippen molar-refractivity contribution in [1.82, 2.24) is 20.1 Å². The Morgan fingerprint density at radius 3 is 3.06 bits per heavy atom. The minimum Gasteiger partial charge on any atom is -0.364 e. The van der Waals surface area contributed by atoms with E-state index in [2.05, 4.69) is 20.1 Å². The number of rotatable bonds is 1. The molecule has 0 unspecified atom stereocenters. The Labute approximate surface area is 95.8 Å². The molecule has 0 saturated heterocycles. The van der Waals surface area contributed by atoms with E-state index < -0.39 is 0 Å². The predicted octanol–water partition coefficient (Wildman–Crippen LogP) is 2.65. The van der Waals surface area contributed by atoms with Crippen molar-refractivity contribution in [2.75, 3.05) is 0 Å². The molecule has 0 amide bonds. The van der Waals surface area contributed by atoms with Gasteiger partial charge >= 0.3 is 0 Å². The predicted molar refractivity (Wildman–Crippen MR) is 62.6 cm³/mol. The van der Waals surface area contributed by atoms with Gasteiger partial charge in [-0.05, 0) is 6.07 Å². The lowest BCUT2D eigenvalue weighted by Gasteiger charge is -1.98. The Balaban J connectivity index is 2.04. The van der Waals surface area contributed by atoms with Crippen molar-refractivity contribution in [2.24, 2.45) is 0 Å². The molecule has 4 rings (SSSR count). The number of pyridine rings is 1. The van der Waals surface area contributed by atoms with E-state index in [1.165, 1.54) is 6.26 Å². The van der Waals surface area contributed by atoms with Gasteiger partial charge in [-0.25, -0.2) is 4.98 Å². The van der Waals surface area contributed by atoms with E-state index in [1.54, 1.807) is 6.07 Å². The number of hydrogen-bond acceptors (Lipinski definition) is 3. The summed E-state index contributed by atoms with van der Waals surface area (Å²) in [5, 5.41) is 3.87. The summed E-state index contributed by atoms with van der Waals surface area (Å²) in [7, 11) is 0. The minimum atomic E-state index is 0.709. The molecule has 1 aliphatic heterocycles.